The van der Waals surface area contributed by atoms with E-state index < -0.39 is 10.9 Å². The predicted octanol–water partition coefficient (Wildman–Crippen LogP) is 1.79. The van der Waals surface area contributed by atoms with Crippen molar-refractivity contribution < 1.29 is 14.8 Å². The van der Waals surface area contributed by atoms with Crippen LogP contribution in [-0.2, 0) is 0 Å². The van der Waals surface area contributed by atoms with E-state index in [2.05, 4.69) is 5.10 Å². The van der Waals surface area contributed by atoms with Gasteiger partial charge in [-0.2, -0.15) is 5.10 Å². The molecule has 1 N–H and O–H groups in total. The third-order valence-electron chi connectivity index (χ3n) is 2.46. The van der Waals surface area contributed by atoms with E-state index in [4.69, 9.17) is 5.11 Å². The summed E-state index contributed by atoms with van der Waals surface area (Å²) in [6.07, 6.45) is 1.44. The first-order chi connectivity index (χ1) is 8.49. The number of carbonyl (C=O) groups is 1. The average Bonchev–Trinajstić information content (AvgIpc) is 2.78. The van der Waals surface area contributed by atoms with Gasteiger partial charge in [-0.1, -0.05) is 6.07 Å². The Kier molecular flexibility index (Phi) is 2.80. The van der Waals surface area contributed by atoms with Gasteiger partial charge in [-0.05, 0) is 19.1 Å². The minimum atomic E-state index is -1.14. The summed E-state index contributed by atoms with van der Waals surface area (Å²) >= 11 is 0. The molecule has 7 nitrogen and oxygen atoms in total. The summed E-state index contributed by atoms with van der Waals surface area (Å²) in [7, 11) is 0. The van der Waals surface area contributed by atoms with Gasteiger partial charge < -0.3 is 5.11 Å². The molecular weight excluding hydrogens is 238 g/mol. The molecule has 0 aliphatic heterocycles. The summed E-state index contributed by atoms with van der Waals surface area (Å²) in [6, 6.07) is 5.92. The Balaban J connectivity index is 2.47. The molecule has 0 saturated carbocycles. The van der Waals surface area contributed by atoms with E-state index in [1.807, 2.05) is 0 Å². The fraction of sp³-hybridized carbons (Fsp3) is 0.0909. The van der Waals surface area contributed by atoms with Gasteiger partial charge in [0.05, 0.1) is 10.6 Å². The van der Waals surface area contributed by atoms with Gasteiger partial charge in [0.25, 0.3) is 5.69 Å². The molecule has 2 rings (SSSR count). The zero-order chi connectivity index (χ0) is 13.3. The van der Waals surface area contributed by atoms with Crippen LogP contribution in [0.25, 0.3) is 5.69 Å². The SMILES string of the molecule is Cc1ccc(-n2ccc(C(=O)O)n2)cc1[N+](=O)[O-]. The van der Waals surface area contributed by atoms with E-state index >= 15 is 0 Å². The van der Waals surface area contributed by atoms with Gasteiger partial charge in [0.1, 0.15) is 0 Å². The van der Waals surface area contributed by atoms with Crippen molar-refractivity contribution in [2.75, 3.05) is 0 Å². The van der Waals surface area contributed by atoms with E-state index in [-0.39, 0.29) is 11.4 Å². The van der Waals surface area contributed by atoms with E-state index in [0.29, 0.717) is 11.3 Å². The number of aromatic nitrogens is 2. The summed E-state index contributed by atoms with van der Waals surface area (Å²) in [5.41, 5.74) is 0.840. The molecule has 0 bridgehead atoms. The third kappa shape index (κ3) is 2.05. The molecule has 0 aliphatic carbocycles. The number of carboxylic acid groups (broad SMARTS) is 1. The van der Waals surface area contributed by atoms with Crippen molar-refractivity contribution in [3.8, 4) is 5.69 Å². The van der Waals surface area contributed by atoms with Gasteiger partial charge in [-0.3, -0.25) is 10.1 Å². The standard InChI is InChI=1S/C11H9N3O4/c1-7-2-3-8(6-10(7)14(17)18)13-5-4-9(12-13)11(15)16/h2-6H,1H3,(H,15,16). The molecule has 1 aromatic carbocycles. The second-order valence-electron chi connectivity index (χ2n) is 3.68. The highest BCUT2D eigenvalue weighted by atomic mass is 16.6. The van der Waals surface area contributed by atoms with E-state index in [9.17, 15) is 14.9 Å². The Bertz CT molecular complexity index is 633. The van der Waals surface area contributed by atoms with E-state index in [0.717, 1.165) is 0 Å². The monoisotopic (exact) mass is 247 g/mol. The van der Waals surface area contributed by atoms with Gasteiger partial charge in [0.2, 0.25) is 0 Å². The van der Waals surface area contributed by atoms with E-state index in [1.165, 1.54) is 23.0 Å². The zero-order valence-corrected chi connectivity index (χ0v) is 9.40. The molecule has 0 spiro atoms. The first-order valence-electron chi connectivity index (χ1n) is 5.03. The van der Waals surface area contributed by atoms with Gasteiger partial charge in [0.15, 0.2) is 5.69 Å². The topological polar surface area (TPSA) is 98.3 Å². The summed E-state index contributed by atoms with van der Waals surface area (Å²) in [4.78, 5) is 21.0. The maximum atomic E-state index is 10.8. The Labute approximate surface area is 101 Å². The quantitative estimate of drug-likeness (QED) is 0.658. The lowest BCUT2D eigenvalue weighted by Gasteiger charge is -2.02. The zero-order valence-electron chi connectivity index (χ0n) is 9.40. The van der Waals surface area contributed by atoms with Gasteiger partial charge in [-0.25, -0.2) is 9.48 Å². The molecule has 2 aromatic rings. The van der Waals surface area contributed by atoms with Crippen molar-refractivity contribution in [1.29, 1.82) is 0 Å². The number of hydrogen-bond acceptors (Lipinski definition) is 4. The highest BCUT2D eigenvalue weighted by molar-refractivity contribution is 5.85. The number of aromatic carboxylic acids is 1. The van der Waals surface area contributed by atoms with Crippen LogP contribution in [0.3, 0.4) is 0 Å². The van der Waals surface area contributed by atoms with Gasteiger partial charge in [-0.15, -0.1) is 0 Å². The predicted molar refractivity (Wildman–Crippen MR) is 61.9 cm³/mol. The van der Waals surface area contributed by atoms with Crippen LogP contribution >= 0.6 is 0 Å². The lowest BCUT2D eigenvalue weighted by atomic mass is 10.2. The van der Waals surface area contributed by atoms with Crippen LogP contribution in [0.15, 0.2) is 30.5 Å². The average molecular weight is 247 g/mol. The van der Waals surface area contributed by atoms with Crippen LogP contribution in [0.4, 0.5) is 5.69 Å². The van der Waals surface area contributed by atoms with Crippen molar-refractivity contribution in [2.45, 2.75) is 6.92 Å². The molecule has 7 heteroatoms. The molecule has 0 saturated heterocycles. The smallest absolute Gasteiger partial charge is 0.356 e. The summed E-state index contributed by atoms with van der Waals surface area (Å²) in [5, 5.41) is 23.4. The van der Waals surface area contributed by atoms with E-state index in [1.54, 1.807) is 19.1 Å². The van der Waals surface area contributed by atoms with Crippen LogP contribution in [-0.4, -0.2) is 25.8 Å². The second kappa shape index (κ2) is 4.28. The Morgan fingerprint density at radius 1 is 1.44 bits per heavy atom. The number of hydrogen-bond donors (Lipinski definition) is 1. The summed E-state index contributed by atoms with van der Waals surface area (Å²) < 4.78 is 1.29. The molecular formula is C11H9N3O4. The molecule has 0 fully saturated rings. The summed E-state index contributed by atoms with van der Waals surface area (Å²) in [5.74, 6) is -1.14. The largest absolute Gasteiger partial charge is 0.476 e. The molecule has 0 unspecified atom stereocenters. The maximum Gasteiger partial charge on any atom is 0.356 e. The molecule has 1 heterocycles. The third-order valence-corrected chi connectivity index (χ3v) is 2.46. The molecule has 0 radical (unpaired) electrons. The van der Waals surface area contributed by atoms with Gasteiger partial charge >= 0.3 is 5.97 Å². The lowest BCUT2D eigenvalue weighted by Crippen LogP contribution is -2.02. The second-order valence-corrected chi connectivity index (χ2v) is 3.68. The molecule has 0 aliphatic rings. The van der Waals surface area contributed by atoms with Crippen molar-refractivity contribution in [3.05, 3.63) is 51.8 Å². The van der Waals surface area contributed by atoms with Crippen molar-refractivity contribution in [2.24, 2.45) is 0 Å². The highest BCUT2D eigenvalue weighted by Gasteiger charge is 2.13. The normalized spacial score (nSPS) is 10.3. The number of nitrogens with zero attached hydrogens (tertiary/aromatic N) is 3. The van der Waals surface area contributed by atoms with Crippen molar-refractivity contribution in [1.82, 2.24) is 9.78 Å². The molecule has 1 aromatic heterocycles. The Morgan fingerprint density at radius 3 is 2.72 bits per heavy atom. The molecule has 0 amide bonds. The van der Waals surface area contributed by atoms with Crippen LogP contribution in [0.5, 0.6) is 0 Å². The Hall–Kier alpha value is -2.70. The van der Waals surface area contributed by atoms with Crippen molar-refractivity contribution >= 4 is 11.7 Å². The number of aryl methyl sites for hydroxylation is 1. The maximum absolute atomic E-state index is 10.8. The van der Waals surface area contributed by atoms with Crippen LogP contribution in [0.2, 0.25) is 0 Å². The minimum Gasteiger partial charge on any atom is -0.476 e. The number of nitro benzene ring substituents is 1. The molecule has 92 valence electrons. The molecule has 18 heavy (non-hydrogen) atoms. The Morgan fingerprint density at radius 2 is 2.17 bits per heavy atom. The van der Waals surface area contributed by atoms with Crippen LogP contribution in [0.1, 0.15) is 16.1 Å². The number of benzene rings is 1. The van der Waals surface area contributed by atoms with Gasteiger partial charge in [0, 0.05) is 17.8 Å². The first-order valence-corrected chi connectivity index (χ1v) is 5.03. The summed E-state index contributed by atoms with van der Waals surface area (Å²) in [6.45, 7) is 1.63. The number of carboxylic acids is 1. The number of nitro groups is 1. The fourth-order valence-electron chi connectivity index (χ4n) is 1.52. The molecule has 0 atom stereocenters. The minimum absolute atomic E-state index is 0.0279. The van der Waals surface area contributed by atoms with Crippen LogP contribution in [0, 0.1) is 17.0 Å². The first kappa shape index (κ1) is 11.8. The van der Waals surface area contributed by atoms with Crippen molar-refractivity contribution in [3.63, 3.8) is 0 Å². The lowest BCUT2D eigenvalue weighted by molar-refractivity contribution is -0.385. The highest BCUT2D eigenvalue weighted by Crippen LogP contribution is 2.21. The fourth-order valence-corrected chi connectivity index (χ4v) is 1.52. The van der Waals surface area contributed by atoms with Crippen LogP contribution < -0.4 is 0 Å². The number of rotatable bonds is 3.